The van der Waals surface area contributed by atoms with Crippen molar-refractivity contribution in [2.24, 2.45) is 7.05 Å². The summed E-state index contributed by atoms with van der Waals surface area (Å²) in [7, 11) is 1.88. The summed E-state index contributed by atoms with van der Waals surface area (Å²) in [6, 6.07) is 12.3. The Bertz CT molecular complexity index is 1030. The monoisotopic (exact) mass is 428 g/mol. The van der Waals surface area contributed by atoms with Crippen LogP contribution < -0.4 is 0 Å². The Hall–Kier alpha value is -2.15. The first-order valence-corrected chi connectivity index (χ1v) is 11.0. The summed E-state index contributed by atoms with van der Waals surface area (Å²) in [5.41, 5.74) is 3.58. The molecular weight excluding hydrogens is 404 g/mol. The Balaban J connectivity index is 1.37. The van der Waals surface area contributed by atoms with Crippen LogP contribution in [-0.2, 0) is 13.6 Å². The number of thiophene rings is 1. The molecule has 1 amide bonds. The van der Waals surface area contributed by atoms with Crippen LogP contribution in [0.3, 0.4) is 0 Å². The molecule has 0 aliphatic carbocycles. The number of rotatable bonds is 4. The van der Waals surface area contributed by atoms with E-state index in [1.807, 2.05) is 44.0 Å². The fourth-order valence-electron chi connectivity index (χ4n) is 3.84. The van der Waals surface area contributed by atoms with Crippen molar-refractivity contribution in [3.8, 4) is 10.4 Å². The molecule has 4 rings (SSSR count). The van der Waals surface area contributed by atoms with Gasteiger partial charge in [0.25, 0.3) is 5.91 Å². The van der Waals surface area contributed by atoms with Crippen molar-refractivity contribution >= 4 is 28.8 Å². The van der Waals surface area contributed by atoms with Crippen molar-refractivity contribution in [2.75, 3.05) is 26.2 Å². The lowest BCUT2D eigenvalue weighted by Crippen LogP contribution is -2.48. The summed E-state index contributed by atoms with van der Waals surface area (Å²) in [5.74, 6) is 0.102. The quantitative estimate of drug-likeness (QED) is 0.619. The van der Waals surface area contributed by atoms with Gasteiger partial charge in [0.05, 0.1) is 11.3 Å². The SMILES string of the molecule is Cc1nn(C)c(C)c1C(=O)N1CCN(Cc2ccc(-c3ccccc3Cl)s2)CC1. The molecule has 0 atom stereocenters. The Morgan fingerprint density at radius 3 is 2.48 bits per heavy atom. The predicted octanol–water partition coefficient (Wildman–Crippen LogP) is 4.38. The van der Waals surface area contributed by atoms with Crippen LogP contribution in [0.25, 0.3) is 10.4 Å². The molecule has 152 valence electrons. The summed E-state index contributed by atoms with van der Waals surface area (Å²) in [6.45, 7) is 8.01. The molecule has 3 aromatic rings. The molecule has 3 heterocycles. The summed E-state index contributed by atoms with van der Waals surface area (Å²) in [6.07, 6.45) is 0. The second kappa shape index (κ2) is 8.30. The first kappa shape index (κ1) is 20.1. The molecule has 1 saturated heterocycles. The number of carbonyl (C=O) groups excluding carboxylic acids is 1. The second-order valence-corrected chi connectivity index (χ2v) is 9.06. The normalized spacial score (nSPS) is 15.1. The molecule has 1 aliphatic heterocycles. The molecule has 0 spiro atoms. The number of carbonyl (C=O) groups is 1. The lowest BCUT2D eigenvalue weighted by Gasteiger charge is -2.34. The summed E-state index contributed by atoms with van der Waals surface area (Å²) in [5, 5.41) is 5.17. The first-order valence-electron chi connectivity index (χ1n) is 9.79. The molecule has 2 aromatic heterocycles. The largest absolute Gasteiger partial charge is 0.336 e. The Morgan fingerprint density at radius 2 is 1.83 bits per heavy atom. The van der Waals surface area contributed by atoms with Gasteiger partial charge in [-0.25, -0.2) is 0 Å². The molecule has 0 saturated carbocycles. The van der Waals surface area contributed by atoms with E-state index in [2.05, 4.69) is 28.2 Å². The molecule has 1 aromatic carbocycles. The molecule has 29 heavy (non-hydrogen) atoms. The van der Waals surface area contributed by atoms with E-state index in [9.17, 15) is 4.79 Å². The smallest absolute Gasteiger partial charge is 0.257 e. The van der Waals surface area contributed by atoms with Gasteiger partial charge in [-0.2, -0.15) is 5.10 Å². The Kier molecular flexibility index (Phi) is 5.76. The van der Waals surface area contributed by atoms with E-state index in [-0.39, 0.29) is 5.91 Å². The Morgan fingerprint density at radius 1 is 1.10 bits per heavy atom. The highest BCUT2D eigenvalue weighted by Gasteiger charge is 2.26. The number of nitrogens with zero attached hydrogens (tertiary/aromatic N) is 4. The van der Waals surface area contributed by atoms with Crippen molar-refractivity contribution in [1.29, 1.82) is 0 Å². The number of benzene rings is 1. The summed E-state index contributed by atoms with van der Waals surface area (Å²) < 4.78 is 1.78. The van der Waals surface area contributed by atoms with Gasteiger partial charge >= 0.3 is 0 Å². The van der Waals surface area contributed by atoms with Crippen LogP contribution in [0.1, 0.15) is 26.6 Å². The van der Waals surface area contributed by atoms with Crippen molar-refractivity contribution in [3.63, 3.8) is 0 Å². The molecule has 5 nitrogen and oxygen atoms in total. The van der Waals surface area contributed by atoms with Crippen LogP contribution in [0.2, 0.25) is 5.02 Å². The van der Waals surface area contributed by atoms with Gasteiger partial charge in [0.1, 0.15) is 0 Å². The van der Waals surface area contributed by atoms with Crippen LogP contribution in [0.15, 0.2) is 36.4 Å². The predicted molar refractivity (Wildman–Crippen MR) is 119 cm³/mol. The second-order valence-electron chi connectivity index (χ2n) is 7.48. The fourth-order valence-corrected chi connectivity index (χ4v) is 5.22. The molecule has 1 fully saturated rings. The van der Waals surface area contributed by atoms with E-state index in [1.54, 1.807) is 16.0 Å². The third kappa shape index (κ3) is 4.10. The Labute approximate surface area is 180 Å². The van der Waals surface area contributed by atoms with Crippen molar-refractivity contribution < 1.29 is 4.79 Å². The highest BCUT2D eigenvalue weighted by atomic mass is 35.5. The molecule has 0 bridgehead atoms. The molecule has 0 N–H and O–H groups in total. The zero-order chi connectivity index (χ0) is 20.5. The number of aromatic nitrogens is 2. The number of hydrogen-bond acceptors (Lipinski definition) is 4. The van der Waals surface area contributed by atoms with E-state index in [1.165, 1.54) is 9.75 Å². The zero-order valence-electron chi connectivity index (χ0n) is 17.0. The van der Waals surface area contributed by atoms with Gasteiger partial charge in [-0.1, -0.05) is 29.8 Å². The maximum Gasteiger partial charge on any atom is 0.257 e. The van der Waals surface area contributed by atoms with Gasteiger partial charge in [-0.05, 0) is 32.0 Å². The number of piperazine rings is 1. The molecular formula is C22H25ClN4OS. The molecule has 0 radical (unpaired) electrons. The number of amides is 1. The van der Waals surface area contributed by atoms with E-state index in [0.29, 0.717) is 0 Å². The van der Waals surface area contributed by atoms with Crippen molar-refractivity contribution in [3.05, 3.63) is 63.2 Å². The van der Waals surface area contributed by atoms with Gasteiger partial charge in [0.2, 0.25) is 0 Å². The van der Waals surface area contributed by atoms with Crippen LogP contribution in [0.4, 0.5) is 0 Å². The van der Waals surface area contributed by atoms with Crippen molar-refractivity contribution in [1.82, 2.24) is 19.6 Å². The van der Waals surface area contributed by atoms with Gasteiger partial charge in [0, 0.05) is 65.8 Å². The average Bonchev–Trinajstić information content (AvgIpc) is 3.26. The van der Waals surface area contributed by atoms with Gasteiger partial charge in [-0.15, -0.1) is 11.3 Å². The minimum atomic E-state index is 0.102. The number of aryl methyl sites for hydroxylation is 2. The van der Waals surface area contributed by atoms with E-state index < -0.39 is 0 Å². The minimum absolute atomic E-state index is 0.102. The number of halogens is 1. The van der Waals surface area contributed by atoms with E-state index in [0.717, 1.165) is 60.3 Å². The van der Waals surface area contributed by atoms with Crippen molar-refractivity contribution in [2.45, 2.75) is 20.4 Å². The fraction of sp³-hybridized carbons (Fsp3) is 0.364. The highest BCUT2D eigenvalue weighted by molar-refractivity contribution is 7.15. The maximum atomic E-state index is 13.0. The molecule has 7 heteroatoms. The van der Waals surface area contributed by atoms with Gasteiger partial charge in [0.15, 0.2) is 0 Å². The van der Waals surface area contributed by atoms with Crippen LogP contribution in [-0.4, -0.2) is 51.7 Å². The minimum Gasteiger partial charge on any atom is -0.336 e. The standard InChI is InChI=1S/C22H25ClN4OS/c1-15-21(16(2)25(3)24-15)22(28)27-12-10-26(11-13-27)14-17-8-9-20(29-17)18-6-4-5-7-19(18)23/h4-9H,10-14H2,1-3H3. The third-order valence-electron chi connectivity index (χ3n) is 5.56. The van der Waals surface area contributed by atoms with Crippen LogP contribution >= 0.6 is 22.9 Å². The zero-order valence-corrected chi connectivity index (χ0v) is 18.6. The summed E-state index contributed by atoms with van der Waals surface area (Å²) >= 11 is 8.12. The lowest BCUT2D eigenvalue weighted by atomic mass is 10.1. The van der Waals surface area contributed by atoms with Crippen LogP contribution in [0, 0.1) is 13.8 Å². The average molecular weight is 429 g/mol. The molecule has 0 unspecified atom stereocenters. The molecule has 1 aliphatic rings. The third-order valence-corrected chi connectivity index (χ3v) is 7.00. The lowest BCUT2D eigenvalue weighted by molar-refractivity contribution is 0.0628. The first-order chi connectivity index (χ1) is 13.9. The maximum absolute atomic E-state index is 13.0. The topological polar surface area (TPSA) is 41.4 Å². The van der Waals surface area contributed by atoms with E-state index in [4.69, 9.17) is 11.6 Å². The van der Waals surface area contributed by atoms with Gasteiger partial charge < -0.3 is 4.90 Å². The summed E-state index contributed by atoms with van der Waals surface area (Å²) in [4.78, 5) is 19.8. The highest BCUT2D eigenvalue weighted by Crippen LogP contribution is 2.33. The van der Waals surface area contributed by atoms with E-state index >= 15 is 0 Å². The van der Waals surface area contributed by atoms with Crippen LogP contribution in [0.5, 0.6) is 0 Å². The number of hydrogen-bond donors (Lipinski definition) is 0. The van der Waals surface area contributed by atoms with Gasteiger partial charge in [-0.3, -0.25) is 14.4 Å².